The smallest absolute Gasteiger partial charge is 0.0879 e. The van der Waals surface area contributed by atoms with Gasteiger partial charge in [0.25, 0.3) is 0 Å². The Labute approximate surface area is 86.2 Å². The summed E-state index contributed by atoms with van der Waals surface area (Å²) in [6, 6.07) is 0. The Morgan fingerprint density at radius 2 is 2.36 bits per heavy atom. The minimum atomic E-state index is 0.0528. The van der Waals surface area contributed by atoms with E-state index in [1.807, 2.05) is 0 Å². The molecule has 3 atom stereocenters. The molecular formula is C11H21NO2. The van der Waals surface area contributed by atoms with Gasteiger partial charge in [0.2, 0.25) is 0 Å². The van der Waals surface area contributed by atoms with Crippen LogP contribution < -0.4 is 5.32 Å². The second-order valence-electron chi connectivity index (χ2n) is 4.57. The lowest BCUT2D eigenvalue weighted by Gasteiger charge is -2.47. The van der Waals surface area contributed by atoms with Crippen molar-refractivity contribution in [3.8, 4) is 0 Å². The number of ether oxygens (including phenoxy) is 2. The van der Waals surface area contributed by atoms with Gasteiger partial charge in [-0.2, -0.15) is 0 Å². The zero-order valence-electron chi connectivity index (χ0n) is 9.21. The molecule has 2 rings (SSSR count). The molecule has 82 valence electrons. The topological polar surface area (TPSA) is 30.5 Å². The maximum Gasteiger partial charge on any atom is 0.0879 e. The van der Waals surface area contributed by atoms with Crippen LogP contribution in [0, 0.1) is 5.92 Å². The largest absolute Gasteiger partial charge is 0.381 e. The Hall–Kier alpha value is -0.120. The molecule has 0 amide bonds. The standard InChI is InChI=1S/C11H21NO2/c1-3-10-6-12-8-11(14-10)4-5-13-7-9(11)2/h9-10,12H,3-8H2,1-2H3. The molecule has 3 heteroatoms. The van der Waals surface area contributed by atoms with Crippen molar-refractivity contribution in [1.82, 2.24) is 5.32 Å². The van der Waals surface area contributed by atoms with Crippen molar-refractivity contribution in [2.75, 3.05) is 26.3 Å². The molecule has 3 nitrogen and oxygen atoms in total. The van der Waals surface area contributed by atoms with Gasteiger partial charge in [-0.05, 0) is 6.42 Å². The summed E-state index contributed by atoms with van der Waals surface area (Å²) in [7, 11) is 0. The van der Waals surface area contributed by atoms with Gasteiger partial charge in [-0.1, -0.05) is 13.8 Å². The molecule has 0 aliphatic carbocycles. The van der Waals surface area contributed by atoms with Gasteiger partial charge >= 0.3 is 0 Å². The van der Waals surface area contributed by atoms with Crippen molar-refractivity contribution in [2.24, 2.45) is 5.92 Å². The van der Waals surface area contributed by atoms with Gasteiger partial charge in [0.15, 0.2) is 0 Å². The van der Waals surface area contributed by atoms with Crippen LogP contribution in [0.5, 0.6) is 0 Å². The van der Waals surface area contributed by atoms with Crippen molar-refractivity contribution in [1.29, 1.82) is 0 Å². The highest BCUT2D eigenvalue weighted by molar-refractivity contribution is 4.94. The molecular weight excluding hydrogens is 178 g/mol. The van der Waals surface area contributed by atoms with Crippen LogP contribution in [0.1, 0.15) is 26.7 Å². The Kier molecular flexibility index (Phi) is 3.10. The van der Waals surface area contributed by atoms with Crippen LogP contribution in [0.3, 0.4) is 0 Å². The second kappa shape index (κ2) is 4.17. The number of morpholine rings is 1. The third-order valence-electron chi connectivity index (χ3n) is 3.59. The van der Waals surface area contributed by atoms with Crippen LogP contribution in [-0.4, -0.2) is 38.0 Å². The van der Waals surface area contributed by atoms with Crippen LogP contribution in [-0.2, 0) is 9.47 Å². The monoisotopic (exact) mass is 199 g/mol. The Morgan fingerprint density at radius 1 is 1.50 bits per heavy atom. The molecule has 0 aromatic carbocycles. The number of rotatable bonds is 1. The third-order valence-corrected chi connectivity index (χ3v) is 3.59. The Morgan fingerprint density at radius 3 is 3.07 bits per heavy atom. The molecule has 1 N–H and O–H groups in total. The minimum absolute atomic E-state index is 0.0528. The first kappa shape index (κ1) is 10.4. The maximum absolute atomic E-state index is 6.23. The van der Waals surface area contributed by atoms with Crippen molar-refractivity contribution in [3.63, 3.8) is 0 Å². The highest BCUT2D eigenvalue weighted by atomic mass is 16.5. The van der Waals surface area contributed by atoms with E-state index in [1.165, 1.54) is 0 Å². The summed E-state index contributed by atoms with van der Waals surface area (Å²) in [5.41, 5.74) is 0.0528. The number of hydrogen-bond donors (Lipinski definition) is 1. The molecule has 2 fully saturated rings. The fourth-order valence-corrected chi connectivity index (χ4v) is 2.43. The zero-order chi connectivity index (χ0) is 10.0. The third kappa shape index (κ3) is 1.81. The van der Waals surface area contributed by atoms with Gasteiger partial charge in [-0.15, -0.1) is 0 Å². The van der Waals surface area contributed by atoms with Gasteiger partial charge in [0.1, 0.15) is 0 Å². The maximum atomic E-state index is 6.23. The molecule has 1 spiro atoms. The van der Waals surface area contributed by atoms with Crippen LogP contribution in [0.4, 0.5) is 0 Å². The van der Waals surface area contributed by atoms with E-state index in [2.05, 4.69) is 19.2 Å². The van der Waals surface area contributed by atoms with E-state index in [0.717, 1.165) is 39.1 Å². The Balaban J connectivity index is 2.04. The minimum Gasteiger partial charge on any atom is -0.381 e. The molecule has 2 aliphatic heterocycles. The first-order valence-electron chi connectivity index (χ1n) is 5.73. The molecule has 0 saturated carbocycles. The Bertz CT molecular complexity index is 194. The predicted octanol–water partition coefficient (Wildman–Crippen LogP) is 1.18. The van der Waals surface area contributed by atoms with Gasteiger partial charge in [-0.3, -0.25) is 0 Å². The lowest BCUT2D eigenvalue weighted by molar-refractivity contribution is -0.187. The molecule has 2 saturated heterocycles. The molecule has 0 bridgehead atoms. The van der Waals surface area contributed by atoms with Crippen molar-refractivity contribution in [2.45, 2.75) is 38.4 Å². The molecule has 14 heavy (non-hydrogen) atoms. The van der Waals surface area contributed by atoms with Crippen molar-refractivity contribution >= 4 is 0 Å². The summed E-state index contributed by atoms with van der Waals surface area (Å²) in [5.74, 6) is 0.512. The van der Waals surface area contributed by atoms with E-state index in [1.54, 1.807) is 0 Å². The second-order valence-corrected chi connectivity index (χ2v) is 4.57. The molecule has 2 heterocycles. The highest BCUT2D eigenvalue weighted by Crippen LogP contribution is 2.33. The lowest BCUT2D eigenvalue weighted by Crippen LogP contribution is -2.59. The molecule has 3 unspecified atom stereocenters. The van der Waals surface area contributed by atoms with Crippen LogP contribution >= 0.6 is 0 Å². The van der Waals surface area contributed by atoms with Gasteiger partial charge < -0.3 is 14.8 Å². The van der Waals surface area contributed by atoms with E-state index in [-0.39, 0.29) is 5.60 Å². The lowest BCUT2D eigenvalue weighted by atomic mass is 9.83. The van der Waals surface area contributed by atoms with Crippen molar-refractivity contribution < 1.29 is 9.47 Å². The summed E-state index contributed by atoms with van der Waals surface area (Å²) in [6.45, 7) is 8.12. The summed E-state index contributed by atoms with van der Waals surface area (Å²) in [6.07, 6.45) is 2.53. The van der Waals surface area contributed by atoms with E-state index in [9.17, 15) is 0 Å². The summed E-state index contributed by atoms with van der Waals surface area (Å²) in [4.78, 5) is 0. The number of nitrogens with one attached hydrogen (secondary N) is 1. The average Bonchev–Trinajstić information content (AvgIpc) is 2.23. The van der Waals surface area contributed by atoms with E-state index < -0.39 is 0 Å². The molecule has 0 aromatic rings. The van der Waals surface area contributed by atoms with Gasteiger partial charge in [-0.25, -0.2) is 0 Å². The predicted molar refractivity (Wildman–Crippen MR) is 55.4 cm³/mol. The normalized spacial score (nSPS) is 44.1. The fraction of sp³-hybridized carbons (Fsp3) is 1.00. The summed E-state index contributed by atoms with van der Waals surface area (Å²) in [5, 5.41) is 3.50. The van der Waals surface area contributed by atoms with Gasteiger partial charge in [0.05, 0.1) is 18.3 Å². The first-order chi connectivity index (χ1) is 6.77. The van der Waals surface area contributed by atoms with E-state index in [0.29, 0.717) is 12.0 Å². The molecule has 2 aliphatic rings. The molecule has 0 aromatic heterocycles. The highest BCUT2D eigenvalue weighted by Gasteiger charge is 2.43. The van der Waals surface area contributed by atoms with Crippen LogP contribution in [0.2, 0.25) is 0 Å². The van der Waals surface area contributed by atoms with Crippen LogP contribution in [0.15, 0.2) is 0 Å². The number of hydrogen-bond acceptors (Lipinski definition) is 3. The SMILES string of the molecule is CCC1CNCC2(CCOCC2C)O1. The summed E-state index contributed by atoms with van der Waals surface area (Å²) >= 11 is 0. The van der Waals surface area contributed by atoms with Crippen LogP contribution in [0.25, 0.3) is 0 Å². The molecule has 0 radical (unpaired) electrons. The average molecular weight is 199 g/mol. The van der Waals surface area contributed by atoms with E-state index >= 15 is 0 Å². The summed E-state index contributed by atoms with van der Waals surface area (Å²) < 4.78 is 11.7. The fourth-order valence-electron chi connectivity index (χ4n) is 2.43. The van der Waals surface area contributed by atoms with E-state index in [4.69, 9.17) is 9.47 Å². The van der Waals surface area contributed by atoms with Crippen molar-refractivity contribution in [3.05, 3.63) is 0 Å². The zero-order valence-corrected chi connectivity index (χ0v) is 9.21. The quantitative estimate of drug-likeness (QED) is 0.688. The first-order valence-corrected chi connectivity index (χ1v) is 5.73. The van der Waals surface area contributed by atoms with Gasteiger partial charge in [0, 0.05) is 32.0 Å².